The molecule has 0 radical (unpaired) electrons. The topological polar surface area (TPSA) is 36.3 Å². The summed E-state index contributed by atoms with van der Waals surface area (Å²) in [5.74, 6) is 1.49. The van der Waals surface area contributed by atoms with Crippen LogP contribution >= 0.6 is 15.9 Å². The lowest BCUT2D eigenvalue weighted by Gasteiger charge is -2.11. The number of aryl methyl sites for hydroxylation is 1. The van der Waals surface area contributed by atoms with Gasteiger partial charge in [-0.1, -0.05) is 22.0 Å². The molecule has 0 fully saturated rings. The van der Waals surface area contributed by atoms with Gasteiger partial charge in [-0.15, -0.1) is 0 Å². The van der Waals surface area contributed by atoms with Gasteiger partial charge < -0.3 is 9.47 Å². The zero-order chi connectivity index (χ0) is 13.0. The summed E-state index contributed by atoms with van der Waals surface area (Å²) in [5.41, 5.74) is 2.18. The SMILES string of the molecule is COc1ccc(CBr)cc1OCc1cnn(C)c1. The second-order valence-corrected chi connectivity index (χ2v) is 4.49. The van der Waals surface area contributed by atoms with E-state index in [1.165, 1.54) is 0 Å². The molecular formula is C13H15BrN2O2. The van der Waals surface area contributed by atoms with Gasteiger partial charge in [-0.2, -0.15) is 5.10 Å². The lowest BCUT2D eigenvalue weighted by molar-refractivity contribution is 0.284. The molecular weight excluding hydrogens is 296 g/mol. The van der Waals surface area contributed by atoms with Crippen LogP contribution in [0.3, 0.4) is 0 Å². The predicted octanol–water partition coefficient (Wildman–Crippen LogP) is 2.90. The van der Waals surface area contributed by atoms with Gasteiger partial charge in [0.1, 0.15) is 6.61 Å². The van der Waals surface area contributed by atoms with Gasteiger partial charge in [0.25, 0.3) is 0 Å². The highest BCUT2D eigenvalue weighted by atomic mass is 79.9. The van der Waals surface area contributed by atoms with Gasteiger partial charge in [-0.25, -0.2) is 0 Å². The Labute approximate surface area is 115 Å². The highest BCUT2D eigenvalue weighted by molar-refractivity contribution is 9.08. The van der Waals surface area contributed by atoms with Crippen LogP contribution in [-0.4, -0.2) is 16.9 Å². The fraction of sp³-hybridized carbons (Fsp3) is 0.308. The average molecular weight is 311 g/mol. The number of benzene rings is 1. The van der Waals surface area contributed by atoms with E-state index < -0.39 is 0 Å². The largest absolute Gasteiger partial charge is 0.493 e. The van der Waals surface area contributed by atoms with Crippen molar-refractivity contribution in [2.45, 2.75) is 11.9 Å². The fourth-order valence-electron chi connectivity index (χ4n) is 1.62. The van der Waals surface area contributed by atoms with E-state index in [-0.39, 0.29) is 0 Å². The van der Waals surface area contributed by atoms with Crippen LogP contribution in [-0.2, 0) is 19.0 Å². The number of ether oxygens (including phenoxy) is 2. The first-order valence-corrected chi connectivity index (χ1v) is 6.68. The van der Waals surface area contributed by atoms with Gasteiger partial charge >= 0.3 is 0 Å². The summed E-state index contributed by atoms with van der Waals surface area (Å²) in [6.45, 7) is 0.482. The van der Waals surface area contributed by atoms with Gasteiger partial charge in [0.15, 0.2) is 11.5 Å². The van der Waals surface area contributed by atoms with Crippen molar-refractivity contribution >= 4 is 15.9 Å². The van der Waals surface area contributed by atoms with E-state index in [1.807, 2.05) is 31.4 Å². The van der Waals surface area contributed by atoms with Gasteiger partial charge in [-0.05, 0) is 17.7 Å². The van der Waals surface area contributed by atoms with Crippen LogP contribution < -0.4 is 9.47 Å². The molecule has 2 rings (SSSR count). The van der Waals surface area contributed by atoms with E-state index in [9.17, 15) is 0 Å². The Morgan fingerprint density at radius 2 is 2.11 bits per heavy atom. The maximum atomic E-state index is 5.77. The molecule has 0 amide bonds. The van der Waals surface area contributed by atoms with Crippen molar-refractivity contribution < 1.29 is 9.47 Å². The van der Waals surface area contributed by atoms with Crippen molar-refractivity contribution in [1.29, 1.82) is 0 Å². The Balaban J connectivity index is 2.11. The third-order valence-electron chi connectivity index (χ3n) is 2.54. The number of hydrogen-bond donors (Lipinski definition) is 0. The molecule has 96 valence electrons. The molecule has 1 aromatic heterocycles. The van der Waals surface area contributed by atoms with Crippen LogP contribution in [0.2, 0.25) is 0 Å². The van der Waals surface area contributed by atoms with E-state index in [2.05, 4.69) is 21.0 Å². The van der Waals surface area contributed by atoms with E-state index in [0.717, 1.165) is 28.0 Å². The van der Waals surface area contributed by atoms with E-state index in [1.54, 1.807) is 18.0 Å². The molecule has 0 aliphatic carbocycles. The number of halogens is 1. The Morgan fingerprint density at radius 3 is 2.72 bits per heavy atom. The Morgan fingerprint density at radius 1 is 1.28 bits per heavy atom. The summed E-state index contributed by atoms with van der Waals surface area (Å²) in [5, 5.41) is 4.90. The molecule has 5 heteroatoms. The minimum atomic E-state index is 0.482. The number of hydrogen-bond acceptors (Lipinski definition) is 3. The molecule has 1 aromatic carbocycles. The molecule has 2 aromatic rings. The van der Waals surface area contributed by atoms with Crippen LogP contribution in [0.15, 0.2) is 30.6 Å². The molecule has 0 N–H and O–H groups in total. The van der Waals surface area contributed by atoms with Gasteiger partial charge in [0.2, 0.25) is 0 Å². The fourth-order valence-corrected chi connectivity index (χ4v) is 1.97. The molecule has 0 saturated carbocycles. The number of alkyl halides is 1. The summed E-state index contributed by atoms with van der Waals surface area (Å²) >= 11 is 3.43. The maximum absolute atomic E-state index is 5.77. The lowest BCUT2D eigenvalue weighted by atomic mass is 10.2. The van der Waals surface area contributed by atoms with Crippen LogP contribution in [0.5, 0.6) is 11.5 Å². The molecule has 1 heterocycles. The van der Waals surface area contributed by atoms with Crippen molar-refractivity contribution in [1.82, 2.24) is 9.78 Å². The molecule has 0 saturated heterocycles. The molecule has 0 aliphatic heterocycles. The molecule has 0 atom stereocenters. The number of aromatic nitrogens is 2. The molecule has 0 spiro atoms. The van der Waals surface area contributed by atoms with Crippen molar-refractivity contribution in [2.24, 2.45) is 7.05 Å². The Kier molecular flexibility index (Phi) is 4.25. The van der Waals surface area contributed by atoms with E-state index in [0.29, 0.717) is 6.61 Å². The predicted molar refractivity (Wildman–Crippen MR) is 73.2 cm³/mol. The molecule has 0 aliphatic rings. The first-order valence-electron chi connectivity index (χ1n) is 5.56. The summed E-state index contributed by atoms with van der Waals surface area (Å²) in [6.07, 6.45) is 3.72. The van der Waals surface area contributed by atoms with Gasteiger partial charge in [0.05, 0.1) is 13.3 Å². The van der Waals surface area contributed by atoms with E-state index >= 15 is 0 Å². The second-order valence-electron chi connectivity index (χ2n) is 3.93. The molecule has 0 unspecified atom stereocenters. The van der Waals surface area contributed by atoms with E-state index in [4.69, 9.17) is 9.47 Å². The molecule has 18 heavy (non-hydrogen) atoms. The standard InChI is InChI=1S/C13H15BrN2O2/c1-16-8-11(7-15-16)9-18-13-5-10(6-14)3-4-12(13)17-2/h3-5,7-8H,6,9H2,1-2H3. The Hall–Kier alpha value is -1.49. The van der Waals surface area contributed by atoms with Gasteiger partial charge in [-0.3, -0.25) is 4.68 Å². The van der Waals surface area contributed by atoms with Crippen molar-refractivity contribution in [3.05, 3.63) is 41.7 Å². The van der Waals surface area contributed by atoms with Crippen molar-refractivity contribution in [3.63, 3.8) is 0 Å². The zero-order valence-corrected chi connectivity index (χ0v) is 12.0. The van der Waals surface area contributed by atoms with Crippen LogP contribution in [0, 0.1) is 0 Å². The number of nitrogens with zero attached hydrogens (tertiary/aromatic N) is 2. The van der Waals surface area contributed by atoms with Crippen molar-refractivity contribution in [3.8, 4) is 11.5 Å². The maximum Gasteiger partial charge on any atom is 0.161 e. The molecule has 0 bridgehead atoms. The first-order chi connectivity index (χ1) is 8.72. The minimum absolute atomic E-state index is 0.482. The third kappa shape index (κ3) is 3.04. The summed E-state index contributed by atoms with van der Waals surface area (Å²) < 4.78 is 12.8. The molecule has 4 nitrogen and oxygen atoms in total. The number of rotatable bonds is 5. The van der Waals surface area contributed by atoms with Crippen LogP contribution in [0.25, 0.3) is 0 Å². The summed E-state index contributed by atoms with van der Waals surface area (Å²) in [4.78, 5) is 0. The highest BCUT2D eigenvalue weighted by Crippen LogP contribution is 2.29. The van der Waals surface area contributed by atoms with Crippen LogP contribution in [0.1, 0.15) is 11.1 Å². The lowest BCUT2D eigenvalue weighted by Crippen LogP contribution is -1.97. The summed E-state index contributed by atoms with van der Waals surface area (Å²) in [7, 11) is 3.52. The number of methoxy groups -OCH3 is 1. The normalized spacial score (nSPS) is 10.4. The highest BCUT2D eigenvalue weighted by Gasteiger charge is 2.06. The smallest absolute Gasteiger partial charge is 0.161 e. The average Bonchev–Trinajstić information content (AvgIpc) is 2.81. The quantitative estimate of drug-likeness (QED) is 0.797. The summed E-state index contributed by atoms with van der Waals surface area (Å²) in [6, 6.07) is 5.89. The van der Waals surface area contributed by atoms with Crippen LogP contribution in [0.4, 0.5) is 0 Å². The monoisotopic (exact) mass is 310 g/mol. The first kappa shape index (κ1) is 13.0. The Bertz CT molecular complexity index is 525. The minimum Gasteiger partial charge on any atom is -0.493 e. The third-order valence-corrected chi connectivity index (χ3v) is 3.18. The van der Waals surface area contributed by atoms with Gasteiger partial charge in [0, 0.05) is 24.1 Å². The second kappa shape index (κ2) is 5.91. The zero-order valence-electron chi connectivity index (χ0n) is 10.4. The van der Waals surface area contributed by atoms with Crippen molar-refractivity contribution in [2.75, 3.05) is 7.11 Å².